The Morgan fingerprint density at radius 3 is 2.67 bits per heavy atom. The first-order valence-corrected chi connectivity index (χ1v) is 11.7. The molecule has 1 saturated heterocycles. The van der Waals surface area contributed by atoms with Gasteiger partial charge in [-0.15, -0.1) is 0 Å². The van der Waals surface area contributed by atoms with Crippen molar-refractivity contribution in [3.63, 3.8) is 0 Å². The van der Waals surface area contributed by atoms with Crippen LogP contribution in [0.25, 0.3) is 16.8 Å². The average Bonchev–Trinajstić information content (AvgIpc) is 3.56. The third kappa shape index (κ3) is 5.53. The second-order valence-electron chi connectivity index (χ2n) is 9.32. The van der Waals surface area contributed by atoms with Crippen molar-refractivity contribution in [1.29, 1.82) is 0 Å². The average molecular weight is 453 g/mol. The first-order valence-electron chi connectivity index (χ1n) is 11.7. The van der Waals surface area contributed by atoms with Crippen molar-refractivity contribution in [2.45, 2.75) is 50.7 Å². The normalized spacial score (nSPS) is 18.0. The van der Waals surface area contributed by atoms with E-state index in [0.29, 0.717) is 36.7 Å². The minimum absolute atomic E-state index is 0.161. The van der Waals surface area contributed by atoms with Crippen molar-refractivity contribution in [3.8, 4) is 17.0 Å². The molecule has 0 bridgehead atoms. The molecule has 2 aromatic rings. The maximum Gasteiger partial charge on any atom is 0.214 e. The highest BCUT2D eigenvalue weighted by atomic mass is 19.1. The SMILES string of the molecule is C=C(c1cc(-c2ccc(OCCCN3CCC(F)CC3)nc2)ccc1N)N(C=O)C1(C)CC1. The molecular formula is C26H33FN4O2. The van der Waals surface area contributed by atoms with Gasteiger partial charge in [0.25, 0.3) is 0 Å². The number of halogens is 1. The number of carbonyl (C=O) groups excluding carboxylic acids is 1. The van der Waals surface area contributed by atoms with Crippen molar-refractivity contribution in [3.05, 3.63) is 48.7 Å². The van der Waals surface area contributed by atoms with Crippen LogP contribution >= 0.6 is 0 Å². The van der Waals surface area contributed by atoms with E-state index in [0.717, 1.165) is 62.0 Å². The summed E-state index contributed by atoms with van der Waals surface area (Å²) in [5.41, 5.74) is 9.89. The van der Waals surface area contributed by atoms with Gasteiger partial charge in [0, 0.05) is 59.9 Å². The van der Waals surface area contributed by atoms with E-state index >= 15 is 0 Å². The van der Waals surface area contributed by atoms with Crippen molar-refractivity contribution in [1.82, 2.24) is 14.8 Å². The lowest BCUT2D eigenvalue weighted by Crippen LogP contribution is -2.35. The number of hydrogen-bond donors (Lipinski definition) is 1. The van der Waals surface area contributed by atoms with Crippen molar-refractivity contribution >= 4 is 17.8 Å². The van der Waals surface area contributed by atoms with Crippen LogP contribution in [0.5, 0.6) is 5.88 Å². The van der Waals surface area contributed by atoms with E-state index in [1.54, 1.807) is 11.1 Å². The zero-order valence-electron chi connectivity index (χ0n) is 19.3. The summed E-state index contributed by atoms with van der Waals surface area (Å²) in [6.07, 6.45) is 6.07. The van der Waals surface area contributed by atoms with Gasteiger partial charge in [0.15, 0.2) is 0 Å². The standard InChI is InChI=1S/C26H33FN4O2/c1-19(31(18-32)26(2)10-11-26)23-16-20(4-6-24(23)28)21-5-7-25(29-17-21)33-15-3-12-30-13-8-22(27)9-14-30/h4-7,16-18,22H,1,3,8-15,28H2,2H3. The number of anilines is 1. The number of ether oxygens (including phenoxy) is 1. The molecule has 1 saturated carbocycles. The smallest absolute Gasteiger partial charge is 0.214 e. The number of amides is 1. The molecule has 2 N–H and O–H groups in total. The number of piperidine rings is 1. The first-order chi connectivity index (χ1) is 15.9. The maximum atomic E-state index is 13.2. The number of pyridine rings is 1. The predicted octanol–water partition coefficient (Wildman–Crippen LogP) is 4.52. The third-order valence-corrected chi connectivity index (χ3v) is 6.77. The van der Waals surface area contributed by atoms with Crippen LogP contribution in [0, 0.1) is 0 Å². The van der Waals surface area contributed by atoms with Gasteiger partial charge in [-0.3, -0.25) is 4.79 Å². The third-order valence-electron chi connectivity index (χ3n) is 6.77. The van der Waals surface area contributed by atoms with Gasteiger partial charge in [0.05, 0.1) is 6.61 Å². The number of likely N-dealkylation sites (tertiary alicyclic amines) is 1. The van der Waals surface area contributed by atoms with Gasteiger partial charge >= 0.3 is 0 Å². The number of carbonyl (C=O) groups is 1. The molecule has 2 fully saturated rings. The Balaban J connectivity index is 1.35. The van der Waals surface area contributed by atoms with Gasteiger partial charge in [0.2, 0.25) is 12.3 Å². The minimum Gasteiger partial charge on any atom is -0.478 e. The molecule has 1 aromatic heterocycles. The Bertz CT molecular complexity index is 982. The Hall–Kier alpha value is -2.93. The van der Waals surface area contributed by atoms with E-state index in [1.165, 1.54) is 0 Å². The highest BCUT2D eigenvalue weighted by Gasteiger charge is 2.44. The molecule has 33 heavy (non-hydrogen) atoms. The van der Waals surface area contributed by atoms with Crippen molar-refractivity contribution in [2.75, 3.05) is 32.0 Å². The van der Waals surface area contributed by atoms with E-state index in [4.69, 9.17) is 10.5 Å². The fourth-order valence-electron chi connectivity index (χ4n) is 4.28. The number of hydrogen-bond acceptors (Lipinski definition) is 5. The number of benzene rings is 1. The maximum absolute atomic E-state index is 13.2. The quantitative estimate of drug-likeness (QED) is 0.326. The lowest BCUT2D eigenvalue weighted by Gasteiger charge is -2.28. The molecule has 0 atom stereocenters. The second kappa shape index (κ2) is 9.91. The molecule has 0 spiro atoms. The Morgan fingerprint density at radius 2 is 2.03 bits per heavy atom. The van der Waals surface area contributed by atoms with E-state index in [-0.39, 0.29) is 5.54 Å². The molecular weight excluding hydrogens is 419 g/mol. The van der Waals surface area contributed by atoms with Crippen LogP contribution in [0.15, 0.2) is 43.1 Å². The Morgan fingerprint density at radius 1 is 1.30 bits per heavy atom. The van der Waals surface area contributed by atoms with Gasteiger partial charge < -0.3 is 20.3 Å². The highest BCUT2D eigenvalue weighted by molar-refractivity contribution is 5.83. The topological polar surface area (TPSA) is 71.7 Å². The first kappa shape index (κ1) is 23.2. The van der Waals surface area contributed by atoms with Crippen molar-refractivity contribution in [2.24, 2.45) is 0 Å². The summed E-state index contributed by atoms with van der Waals surface area (Å²) < 4.78 is 19.0. The van der Waals surface area contributed by atoms with E-state index in [9.17, 15) is 9.18 Å². The molecule has 1 aliphatic carbocycles. The molecule has 6 nitrogen and oxygen atoms in total. The molecule has 176 valence electrons. The van der Waals surface area contributed by atoms with Crippen LogP contribution in [0.2, 0.25) is 0 Å². The number of alkyl halides is 1. The molecule has 7 heteroatoms. The number of nitrogens with two attached hydrogens (primary N) is 1. The lowest BCUT2D eigenvalue weighted by atomic mass is 10.0. The van der Waals surface area contributed by atoms with Crippen LogP contribution in [0.1, 0.15) is 44.6 Å². The summed E-state index contributed by atoms with van der Waals surface area (Å²) in [6.45, 7) is 9.35. The van der Waals surface area contributed by atoms with Crippen LogP contribution < -0.4 is 10.5 Å². The van der Waals surface area contributed by atoms with Crippen molar-refractivity contribution < 1.29 is 13.9 Å². The van der Waals surface area contributed by atoms with Gasteiger partial charge in [-0.25, -0.2) is 9.37 Å². The Labute approximate surface area is 195 Å². The van der Waals surface area contributed by atoms with Gasteiger partial charge in [0.1, 0.15) is 6.17 Å². The summed E-state index contributed by atoms with van der Waals surface area (Å²) >= 11 is 0. The molecule has 4 rings (SSSR count). The molecule has 2 heterocycles. The van der Waals surface area contributed by atoms with Crippen LogP contribution in [0.3, 0.4) is 0 Å². The summed E-state index contributed by atoms with van der Waals surface area (Å²) in [5, 5.41) is 0. The highest BCUT2D eigenvalue weighted by Crippen LogP contribution is 2.44. The zero-order chi connectivity index (χ0) is 23.4. The van der Waals surface area contributed by atoms with Gasteiger partial charge in [-0.1, -0.05) is 12.6 Å². The fraction of sp³-hybridized carbons (Fsp3) is 0.462. The minimum atomic E-state index is -0.638. The molecule has 1 amide bonds. The number of aromatic nitrogens is 1. The Kier molecular flexibility index (Phi) is 6.98. The van der Waals surface area contributed by atoms with E-state index in [1.807, 2.05) is 30.3 Å². The predicted molar refractivity (Wildman–Crippen MR) is 129 cm³/mol. The van der Waals surface area contributed by atoms with Crippen LogP contribution in [-0.2, 0) is 4.79 Å². The van der Waals surface area contributed by atoms with E-state index in [2.05, 4.69) is 23.4 Å². The summed E-state index contributed by atoms with van der Waals surface area (Å²) in [5.74, 6) is 0.579. The largest absolute Gasteiger partial charge is 0.478 e. The zero-order valence-corrected chi connectivity index (χ0v) is 19.3. The summed E-state index contributed by atoms with van der Waals surface area (Å²) in [7, 11) is 0. The number of nitrogen functional groups attached to an aromatic ring is 1. The van der Waals surface area contributed by atoms with E-state index < -0.39 is 6.17 Å². The van der Waals surface area contributed by atoms with Gasteiger partial charge in [-0.05, 0) is 62.8 Å². The number of nitrogens with zero attached hydrogens (tertiary/aromatic N) is 3. The molecule has 0 unspecified atom stereocenters. The van der Waals surface area contributed by atoms with Crippen LogP contribution in [0.4, 0.5) is 10.1 Å². The monoisotopic (exact) mass is 452 g/mol. The molecule has 0 radical (unpaired) electrons. The summed E-state index contributed by atoms with van der Waals surface area (Å²) in [4.78, 5) is 20.1. The number of rotatable bonds is 10. The van der Waals surface area contributed by atoms with Crippen LogP contribution in [-0.4, -0.2) is 59.1 Å². The second-order valence-corrected chi connectivity index (χ2v) is 9.32. The van der Waals surface area contributed by atoms with Gasteiger partial charge in [-0.2, -0.15) is 0 Å². The molecule has 1 aliphatic heterocycles. The summed E-state index contributed by atoms with van der Waals surface area (Å²) in [6, 6.07) is 9.56. The molecule has 2 aliphatic rings. The molecule has 1 aromatic carbocycles. The lowest BCUT2D eigenvalue weighted by molar-refractivity contribution is -0.117. The fourth-order valence-corrected chi connectivity index (χ4v) is 4.28.